The maximum Gasteiger partial charge on any atom is 0.146 e. The minimum Gasteiger partial charge on any atom is -0.291 e. The van der Waals surface area contributed by atoms with Gasteiger partial charge in [-0.3, -0.25) is 4.40 Å². The van der Waals surface area contributed by atoms with Crippen LogP contribution in [0.5, 0.6) is 0 Å². The largest absolute Gasteiger partial charge is 0.291 e. The van der Waals surface area contributed by atoms with Crippen molar-refractivity contribution in [2.45, 2.75) is 0 Å². The van der Waals surface area contributed by atoms with Crippen molar-refractivity contribution in [2.75, 3.05) is 0 Å². The maximum absolute atomic E-state index is 4.95. The van der Waals surface area contributed by atoms with Crippen molar-refractivity contribution in [1.82, 2.24) is 9.38 Å². The SMILES string of the molecule is c1ccc2c(c1)cc1c3ccccc3c3cccc4nc2n1c43. The van der Waals surface area contributed by atoms with Gasteiger partial charge in [0.2, 0.25) is 0 Å². The summed E-state index contributed by atoms with van der Waals surface area (Å²) in [7, 11) is 0. The zero-order valence-corrected chi connectivity index (χ0v) is 12.3. The Morgan fingerprint density at radius 1 is 0.652 bits per heavy atom. The first-order valence-corrected chi connectivity index (χ1v) is 7.84. The number of benzene rings is 3. The van der Waals surface area contributed by atoms with Gasteiger partial charge in [0.05, 0.1) is 16.6 Å². The molecule has 0 aliphatic carbocycles. The number of aromatic nitrogens is 2. The summed E-state index contributed by atoms with van der Waals surface area (Å²) in [5, 5.41) is 6.29. The van der Waals surface area contributed by atoms with Gasteiger partial charge in [-0.05, 0) is 22.9 Å². The molecule has 3 aromatic heterocycles. The van der Waals surface area contributed by atoms with Gasteiger partial charge in [-0.25, -0.2) is 4.98 Å². The van der Waals surface area contributed by atoms with Crippen LogP contribution >= 0.6 is 0 Å². The van der Waals surface area contributed by atoms with E-state index in [0.717, 1.165) is 11.2 Å². The Hall–Kier alpha value is -3.13. The Bertz CT molecular complexity index is 1360. The van der Waals surface area contributed by atoms with Gasteiger partial charge in [-0.1, -0.05) is 60.7 Å². The van der Waals surface area contributed by atoms with Crippen LogP contribution in [0, 0.1) is 0 Å². The summed E-state index contributed by atoms with van der Waals surface area (Å²) in [5.41, 5.74) is 4.57. The lowest BCUT2D eigenvalue weighted by Gasteiger charge is -2.11. The predicted molar refractivity (Wildman–Crippen MR) is 96.4 cm³/mol. The molecule has 106 valence electrons. The topological polar surface area (TPSA) is 17.3 Å². The molecule has 2 heteroatoms. The minimum absolute atomic E-state index is 1.05. The molecule has 0 N–H and O–H groups in total. The molecule has 3 aromatic carbocycles. The van der Waals surface area contributed by atoms with Crippen LogP contribution < -0.4 is 0 Å². The first-order valence-electron chi connectivity index (χ1n) is 7.84. The molecule has 3 heterocycles. The van der Waals surface area contributed by atoms with Crippen molar-refractivity contribution < 1.29 is 0 Å². The van der Waals surface area contributed by atoms with E-state index in [4.69, 9.17) is 4.98 Å². The molecule has 6 aromatic rings. The third-order valence-electron chi connectivity index (χ3n) is 4.90. The second-order valence-corrected chi connectivity index (χ2v) is 6.11. The highest BCUT2D eigenvalue weighted by Gasteiger charge is 2.16. The molecule has 0 fully saturated rings. The first kappa shape index (κ1) is 11.4. The summed E-state index contributed by atoms with van der Waals surface area (Å²) >= 11 is 0. The Labute approximate surface area is 131 Å². The van der Waals surface area contributed by atoms with Gasteiger partial charge in [0.25, 0.3) is 0 Å². The number of para-hydroxylation sites is 1. The number of nitrogens with zero attached hydrogens (tertiary/aromatic N) is 2. The van der Waals surface area contributed by atoms with Crippen molar-refractivity contribution in [3.05, 3.63) is 72.8 Å². The van der Waals surface area contributed by atoms with Gasteiger partial charge in [0.1, 0.15) is 5.65 Å². The van der Waals surface area contributed by atoms with Gasteiger partial charge in [-0.15, -0.1) is 0 Å². The summed E-state index contributed by atoms with van der Waals surface area (Å²) in [6.07, 6.45) is 0. The third-order valence-corrected chi connectivity index (χ3v) is 4.90. The molecule has 2 nitrogen and oxygen atoms in total. The summed E-state index contributed by atoms with van der Waals surface area (Å²) in [6, 6.07) is 25.9. The normalized spacial score (nSPS) is 12.3. The van der Waals surface area contributed by atoms with Crippen LogP contribution in [0.3, 0.4) is 0 Å². The van der Waals surface area contributed by atoms with Gasteiger partial charge in [-0.2, -0.15) is 0 Å². The fourth-order valence-corrected chi connectivity index (χ4v) is 3.94. The van der Waals surface area contributed by atoms with Gasteiger partial charge in [0.15, 0.2) is 0 Å². The smallest absolute Gasteiger partial charge is 0.146 e. The highest BCUT2D eigenvalue weighted by Crippen LogP contribution is 2.36. The van der Waals surface area contributed by atoms with Gasteiger partial charge < -0.3 is 0 Å². The molecule has 0 aliphatic rings. The van der Waals surface area contributed by atoms with Gasteiger partial charge in [0, 0.05) is 16.2 Å². The highest BCUT2D eigenvalue weighted by molar-refractivity contribution is 6.19. The number of fused-ring (bicyclic) bond motifs is 5. The molecule has 0 saturated heterocycles. The van der Waals surface area contributed by atoms with Crippen LogP contribution in [0.4, 0.5) is 0 Å². The molecule has 0 amide bonds. The number of rotatable bonds is 0. The Morgan fingerprint density at radius 3 is 2.30 bits per heavy atom. The summed E-state index contributed by atoms with van der Waals surface area (Å²) < 4.78 is 2.33. The summed E-state index contributed by atoms with van der Waals surface area (Å²) in [5.74, 6) is 0. The lowest BCUT2D eigenvalue weighted by atomic mass is 10.0. The number of hydrogen-bond acceptors (Lipinski definition) is 1. The van der Waals surface area contributed by atoms with E-state index in [0.29, 0.717) is 0 Å². The molecule has 0 spiro atoms. The average Bonchev–Trinajstić information content (AvgIpc) is 3.01. The van der Waals surface area contributed by atoms with Crippen LogP contribution in [-0.4, -0.2) is 9.38 Å². The predicted octanol–water partition coefficient (Wildman–Crippen LogP) is 5.38. The fraction of sp³-hybridized carbons (Fsp3) is 0. The van der Waals surface area contributed by atoms with E-state index in [-0.39, 0.29) is 0 Å². The summed E-state index contributed by atoms with van der Waals surface area (Å²) in [4.78, 5) is 4.95. The van der Waals surface area contributed by atoms with Crippen molar-refractivity contribution >= 4 is 49.1 Å². The molecular formula is C21H12N2. The van der Waals surface area contributed by atoms with Crippen LogP contribution in [-0.2, 0) is 0 Å². The molecule has 0 unspecified atom stereocenters. The molecule has 0 aliphatic heterocycles. The number of pyridine rings is 2. The number of hydrogen-bond donors (Lipinski definition) is 0. The average molecular weight is 292 g/mol. The summed E-state index contributed by atoms with van der Waals surface area (Å²) in [6.45, 7) is 0. The van der Waals surface area contributed by atoms with Crippen LogP contribution in [0.25, 0.3) is 49.1 Å². The molecule has 6 rings (SSSR count). The highest BCUT2D eigenvalue weighted by atomic mass is 15.0. The van der Waals surface area contributed by atoms with E-state index < -0.39 is 0 Å². The molecule has 23 heavy (non-hydrogen) atoms. The Balaban J connectivity index is 2.13. The van der Waals surface area contributed by atoms with Crippen molar-refractivity contribution in [3.63, 3.8) is 0 Å². The second-order valence-electron chi connectivity index (χ2n) is 6.11. The van der Waals surface area contributed by atoms with E-state index in [9.17, 15) is 0 Å². The third kappa shape index (κ3) is 1.28. The Morgan fingerprint density at radius 2 is 1.39 bits per heavy atom. The fourth-order valence-electron chi connectivity index (χ4n) is 3.94. The van der Waals surface area contributed by atoms with E-state index in [1.165, 1.54) is 38.0 Å². The van der Waals surface area contributed by atoms with Crippen molar-refractivity contribution in [3.8, 4) is 0 Å². The zero-order valence-electron chi connectivity index (χ0n) is 12.3. The molecule has 0 saturated carbocycles. The van der Waals surface area contributed by atoms with Crippen molar-refractivity contribution in [2.24, 2.45) is 0 Å². The maximum atomic E-state index is 4.95. The van der Waals surface area contributed by atoms with Crippen LogP contribution in [0.1, 0.15) is 0 Å². The lowest BCUT2D eigenvalue weighted by molar-refractivity contribution is 1.32. The molecule has 0 bridgehead atoms. The quantitative estimate of drug-likeness (QED) is 0.271. The van der Waals surface area contributed by atoms with E-state index >= 15 is 0 Å². The van der Waals surface area contributed by atoms with Crippen molar-refractivity contribution in [1.29, 1.82) is 0 Å². The first-order chi connectivity index (χ1) is 11.4. The van der Waals surface area contributed by atoms with E-state index in [2.05, 4.69) is 77.2 Å². The molecular weight excluding hydrogens is 280 g/mol. The van der Waals surface area contributed by atoms with E-state index in [1.807, 2.05) is 0 Å². The number of imidazole rings is 1. The zero-order chi connectivity index (χ0) is 15.0. The lowest BCUT2D eigenvalue weighted by Crippen LogP contribution is -1.93. The standard InChI is InChI=1S/C21H12N2/c1-2-7-14-13(6-1)12-19-16-9-4-3-8-15(16)17-10-5-11-18-20(17)23(19)21(14)22-18/h1-12H. The minimum atomic E-state index is 1.05. The second kappa shape index (κ2) is 3.79. The molecule has 0 atom stereocenters. The monoisotopic (exact) mass is 292 g/mol. The van der Waals surface area contributed by atoms with Gasteiger partial charge >= 0.3 is 0 Å². The molecule has 0 radical (unpaired) electrons. The van der Waals surface area contributed by atoms with E-state index in [1.54, 1.807) is 0 Å². The van der Waals surface area contributed by atoms with Crippen LogP contribution in [0.2, 0.25) is 0 Å². The Kier molecular flexibility index (Phi) is 1.89. The van der Waals surface area contributed by atoms with Crippen LogP contribution in [0.15, 0.2) is 72.8 Å².